The maximum atomic E-state index is 13.2. The molecule has 3 aromatic rings. The highest BCUT2D eigenvalue weighted by molar-refractivity contribution is 6.10. The van der Waals surface area contributed by atoms with Crippen LogP contribution in [0.15, 0.2) is 78.9 Å². The molecule has 1 aliphatic rings. The van der Waals surface area contributed by atoms with Gasteiger partial charge in [0.15, 0.2) is 0 Å². The van der Waals surface area contributed by atoms with Crippen molar-refractivity contribution in [2.75, 3.05) is 19.0 Å². The summed E-state index contributed by atoms with van der Waals surface area (Å²) in [7, 11) is 1.56. The fraction of sp³-hybridized carbons (Fsp3) is 0.222. The molecule has 34 heavy (non-hydrogen) atoms. The van der Waals surface area contributed by atoms with Crippen LogP contribution in [0.1, 0.15) is 23.6 Å². The highest BCUT2D eigenvalue weighted by Crippen LogP contribution is 2.27. The number of ether oxygens (including phenoxy) is 1. The van der Waals surface area contributed by atoms with Crippen LogP contribution in [0.3, 0.4) is 0 Å². The molecule has 1 fully saturated rings. The van der Waals surface area contributed by atoms with Crippen molar-refractivity contribution >= 4 is 23.5 Å². The van der Waals surface area contributed by atoms with Crippen molar-refractivity contribution in [1.82, 2.24) is 10.2 Å². The third kappa shape index (κ3) is 4.93. The van der Waals surface area contributed by atoms with Crippen molar-refractivity contribution in [3.05, 3.63) is 95.6 Å². The Kier molecular flexibility index (Phi) is 6.63. The Morgan fingerprint density at radius 2 is 1.59 bits per heavy atom. The predicted octanol–water partition coefficient (Wildman–Crippen LogP) is 3.78. The first-order valence-electron chi connectivity index (χ1n) is 11.1. The van der Waals surface area contributed by atoms with Crippen LogP contribution >= 0.6 is 0 Å². The number of imide groups is 1. The van der Waals surface area contributed by atoms with Crippen molar-refractivity contribution in [1.29, 1.82) is 0 Å². The average Bonchev–Trinajstić information content (AvgIpc) is 3.04. The predicted molar refractivity (Wildman–Crippen MR) is 130 cm³/mol. The number of anilines is 1. The van der Waals surface area contributed by atoms with Gasteiger partial charge < -0.3 is 15.4 Å². The molecule has 3 aromatic carbocycles. The third-order valence-corrected chi connectivity index (χ3v) is 5.91. The Morgan fingerprint density at radius 1 is 0.941 bits per heavy atom. The number of hydrogen-bond acceptors (Lipinski definition) is 4. The van der Waals surface area contributed by atoms with E-state index in [1.165, 1.54) is 0 Å². The number of amides is 4. The molecule has 1 saturated heterocycles. The van der Waals surface area contributed by atoms with Crippen LogP contribution in [0.5, 0.6) is 5.75 Å². The van der Waals surface area contributed by atoms with Crippen LogP contribution in [-0.4, -0.2) is 41.9 Å². The molecule has 0 spiro atoms. The van der Waals surface area contributed by atoms with Gasteiger partial charge in [-0.1, -0.05) is 66.7 Å². The zero-order chi connectivity index (χ0) is 24.1. The van der Waals surface area contributed by atoms with Gasteiger partial charge in [0.05, 0.1) is 7.11 Å². The van der Waals surface area contributed by atoms with E-state index in [-0.39, 0.29) is 13.0 Å². The van der Waals surface area contributed by atoms with Gasteiger partial charge in [-0.05, 0) is 42.2 Å². The van der Waals surface area contributed by atoms with Crippen molar-refractivity contribution < 1.29 is 19.1 Å². The van der Waals surface area contributed by atoms with Gasteiger partial charge in [0.2, 0.25) is 5.91 Å². The van der Waals surface area contributed by atoms with Gasteiger partial charge in [-0.25, -0.2) is 4.79 Å². The molecule has 1 atom stereocenters. The minimum Gasteiger partial charge on any atom is -0.496 e. The number of rotatable bonds is 8. The van der Waals surface area contributed by atoms with Crippen LogP contribution in [0.2, 0.25) is 0 Å². The average molecular weight is 458 g/mol. The molecule has 0 aliphatic carbocycles. The summed E-state index contributed by atoms with van der Waals surface area (Å²) in [5, 5.41) is 5.61. The first-order valence-corrected chi connectivity index (χ1v) is 11.1. The molecule has 1 heterocycles. The first kappa shape index (κ1) is 23.0. The van der Waals surface area contributed by atoms with Gasteiger partial charge in [-0.2, -0.15) is 0 Å². The Bertz CT molecular complexity index is 1210. The zero-order valence-electron chi connectivity index (χ0n) is 19.2. The van der Waals surface area contributed by atoms with Crippen LogP contribution in [0.25, 0.3) is 0 Å². The molecule has 4 rings (SSSR count). The molecule has 4 amide bonds. The van der Waals surface area contributed by atoms with Crippen molar-refractivity contribution in [3.63, 3.8) is 0 Å². The monoisotopic (exact) mass is 457 g/mol. The van der Waals surface area contributed by atoms with Crippen LogP contribution in [-0.2, 0) is 22.4 Å². The standard InChI is InChI=1S/C27H27N3O4/c1-27(17-21-13-7-9-15-23(21)34-2)25(32)30(26(33)29-27)18-24(31)28-22-14-8-6-12-20(22)16-19-10-4-3-5-11-19/h3-15H,16-18H2,1-2H3,(H,28,31)(H,29,33)/t27-/m0/s1. The lowest BCUT2D eigenvalue weighted by Gasteiger charge is -2.22. The van der Waals surface area contributed by atoms with Crippen molar-refractivity contribution in [2.45, 2.75) is 25.3 Å². The number of benzene rings is 3. The topological polar surface area (TPSA) is 87.7 Å². The van der Waals surface area contributed by atoms with E-state index in [0.29, 0.717) is 17.9 Å². The normalized spacial score (nSPS) is 17.4. The smallest absolute Gasteiger partial charge is 0.325 e. The van der Waals surface area contributed by atoms with E-state index in [0.717, 1.165) is 21.6 Å². The number of para-hydroxylation sites is 2. The van der Waals surface area contributed by atoms with Gasteiger partial charge >= 0.3 is 6.03 Å². The van der Waals surface area contributed by atoms with E-state index in [4.69, 9.17) is 4.74 Å². The number of carbonyl (C=O) groups excluding carboxylic acids is 3. The third-order valence-electron chi connectivity index (χ3n) is 5.91. The van der Waals surface area contributed by atoms with E-state index in [1.54, 1.807) is 20.1 Å². The summed E-state index contributed by atoms with van der Waals surface area (Å²) in [5.74, 6) is -0.251. The highest BCUT2D eigenvalue weighted by Gasteiger charge is 2.48. The Labute approximate surface area is 198 Å². The molecule has 0 saturated carbocycles. The van der Waals surface area contributed by atoms with E-state index in [2.05, 4.69) is 10.6 Å². The van der Waals surface area contributed by atoms with Gasteiger partial charge in [0.25, 0.3) is 5.91 Å². The van der Waals surface area contributed by atoms with Gasteiger partial charge in [-0.15, -0.1) is 0 Å². The molecule has 7 nitrogen and oxygen atoms in total. The lowest BCUT2D eigenvalue weighted by molar-refractivity contribution is -0.133. The minimum absolute atomic E-state index is 0.250. The number of methoxy groups -OCH3 is 1. The highest BCUT2D eigenvalue weighted by atomic mass is 16.5. The summed E-state index contributed by atoms with van der Waals surface area (Å²) < 4.78 is 5.37. The quantitative estimate of drug-likeness (QED) is 0.504. The summed E-state index contributed by atoms with van der Waals surface area (Å²) in [6.45, 7) is 1.29. The number of nitrogens with zero attached hydrogens (tertiary/aromatic N) is 1. The second kappa shape index (κ2) is 9.79. The van der Waals surface area contributed by atoms with Gasteiger partial charge in [-0.3, -0.25) is 14.5 Å². The SMILES string of the molecule is COc1ccccc1C[C@]1(C)NC(=O)N(CC(=O)Nc2ccccc2Cc2ccccc2)C1=O. The fourth-order valence-electron chi connectivity index (χ4n) is 4.19. The van der Waals surface area contributed by atoms with E-state index in [1.807, 2.05) is 72.8 Å². The van der Waals surface area contributed by atoms with E-state index >= 15 is 0 Å². The van der Waals surface area contributed by atoms with Crippen molar-refractivity contribution in [3.8, 4) is 5.75 Å². The largest absolute Gasteiger partial charge is 0.496 e. The molecule has 174 valence electrons. The van der Waals surface area contributed by atoms with Gasteiger partial charge in [0, 0.05) is 12.1 Å². The van der Waals surface area contributed by atoms with Crippen LogP contribution in [0.4, 0.5) is 10.5 Å². The molecule has 0 radical (unpaired) electrons. The van der Waals surface area contributed by atoms with E-state index < -0.39 is 23.4 Å². The molecule has 1 aliphatic heterocycles. The second-order valence-corrected chi connectivity index (χ2v) is 8.51. The Hall–Kier alpha value is -4.13. The second-order valence-electron chi connectivity index (χ2n) is 8.51. The molecular weight excluding hydrogens is 430 g/mol. The lowest BCUT2D eigenvalue weighted by Crippen LogP contribution is -2.46. The van der Waals surface area contributed by atoms with Crippen LogP contribution < -0.4 is 15.4 Å². The minimum atomic E-state index is -1.17. The maximum Gasteiger partial charge on any atom is 0.325 e. The summed E-state index contributed by atoms with van der Waals surface area (Å²) in [4.78, 5) is 39.6. The molecule has 7 heteroatoms. The van der Waals surface area contributed by atoms with E-state index in [9.17, 15) is 14.4 Å². The Balaban J connectivity index is 1.45. The summed E-state index contributed by atoms with van der Waals surface area (Å²) in [6.07, 6.45) is 0.900. The van der Waals surface area contributed by atoms with Crippen molar-refractivity contribution in [2.24, 2.45) is 0 Å². The molecule has 0 bridgehead atoms. The summed E-state index contributed by atoms with van der Waals surface area (Å²) in [6, 6.07) is 24.2. The lowest BCUT2D eigenvalue weighted by atomic mass is 9.92. The first-order chi connectivity index (χ1) is 16.4. The molecule has 2 N–H and O–H groups in total. The maximum absolute atomic E-state index is 13.2. The number of carbonyl (C=O) groups is 3. The Morgan fingerprint density at radius 3 is 2.32 bits per heavy atom. The zero-order valence-corrected chi connectivity index (χ0v) is 19.2. The molecule has 0 aromatic heterocycles. The number of urea groups is 1. The summed E-state index contributed by atoms with van der Waals surface area (Å²) >= 11 is 0. The van der Waals surface area contributed by atoms with Gasteiger partial charge in [0.1, 0.15) is 17.8 Å². The molecular formula is C27H27N3O4. The molecule has 0 unspecified atom stereocenters. The summed E-state index contributed by atoms with van der Waals surface area (Å²) in [5.41, 5.74) is 2.34. The number of hydrogen-bond donors (Lipinski definition) is 2. The van der Waals surface area contributed by atoms with Crippen LogP contribution in [0, 0.1) is 0 Å². The fourth-order valence-corrected chi connectivity index (χ4v) is 4.19. The number of nitrogens with one attached hydrogen (secondary N) is 2.